The van der Waals surface area contributed by atoms with Crippen molar-refractivity contribution in [2.24, 2.45) is 0 Å². The van der Waals surface area contributed by atoms with Crippen molar-refractivity contribution in [3.05, 3.63) is 59.7 Å². The molecule has 0 atom stereocenters. The van der Waals surface area contributed by atoms with Gasteiger partial charge in [0.1, 0.15) is 13.2 Å². The highest BCUT2D eigenvalue weighted by Gasteiger charge is 2.29. The Morgan fingerprint density at radius 2 is 0.845 bits per heavy atom. The molecule has 1 aliphatic rings. The van der Waals surface area contributed by atoms with Crippen LogP contribution >= 0.6 is 0 Å². The molecule has 0 radical (unpaired) electrons. The number of alkyl carbamates (subject to hydrolysis) is 1. The minimum Gasteiger partial charge on any atom is -0.463 e. The third-order valence-electron chi connectivity index (χ3n) is 10.2. The second-order valence-electron chi connectivity index (χ2n) is 14.8. The highest BCUT2D eigenvalue weighted by molar-refractivity contribution is 5.79. The van der Waals surface area contributed by atoms with Gasteiger partial charge in [-0.2, -0.15) is 0 Å². The number of carbonyl (C=O) groups excluding carboxylic acids is 2. The molecule has 0 fully saturated rings. The van der Waals surface area contributed by atoms with Gasteiger partial charge in [0, 0.05) is 18.9 Å². The van der Waals surface area contributed by atoms with Crippen LogP contribution in [0.3, 0.4) is 0 Å². The molecule has 11 heteroatoms. The molecule has 0 aliphatic heterocycles. The minimum atomic E-state index is -0.451. The first-order chi connectivity index (χ1) is 28.7. The number of amides is 1. The maximum atomic E-state index is 12.3. The first kappa shape index (κ1) is 49.3. The van der Waals surface area contributed by atoms with Crippen molar-refractivity contribution in [3.63, 3.8) is 0 Å². The van der Waals surface area contributed by atoms with Gasteiger partial charge in [0.2, 0.25) is 0 Å². The molecular weight excluding hydrogens is 739 g/mol. The summed E-state index contributed by atoms with van der Waals surface area (Å²) in [4.78, 5) is 24.2. The van der Waals surface area contributed by atoms with E-state index in [1.165, 1.54) is 106 Å². The maximum absolute atomic E-state index is 12.3. The van der Waals surface area contributed by atoms with E-state index < -0.39 is 6.09 Å². The van der Waals surface area contributed by atoms with E-state index in [0.29, 0.717) is 92.2 Å². The molecule has 0 saturated carbocycles. The molecule has 1 amide bonds. The molecule has 58 heavy (non-hydrogen) atoms. The summed E-state index contributed by atoms with van der Waals surface area (Å²) in [6.07, 6.45) is 19.7. The highest BCUT2D eigenvalue weighted by Crippen LogP contribution is 2.44. The number of carbonyl (C=O) groups is 2. The van der Waals surface area contributed by atoms with E-state index in [2.05, 4.69) is 36.5 Å². The third kappa shape index (κ3) is 23.5. The first-order valence-corrected chi connectivity index (χ1v) is 22.4. The Bertz CT molecular complexity index is 1260. The predicted molar refractivity (Wildman–Crippen MR) is 228 cm³/mol. The largest absolute Gasteiger partial charge is 0.463 e. The predicted octanol–water partition coefficient (Wildman–Crippen LogP) is 9.43. The fraction of sp³-hybridized carbons (Fsp3) is 0.702. The molecule has 0 bridgehead atoms. The van der Waals surface area contributed by atoms with Crippen molar-refractivity contribution >= 4 is 12.1 Å². The Balaban J connectivity index is 0.949. The molecule has 1 aliphatic carbocycles. The number of benzene rings is 2. The van der Waals surface area contributed by atoms with Gasteiger partial charge in [-0.3, -0.25) is 4.79 Å². The summed E-state index contributed by atoms with van der Waals surface area (Å²) in [6.45, 7) is 8.55. The lowest BCUT2D eigenvalue weighted by Crippen LogP contribution is -2.29. The molecule has 1 N–H and O–H groups in total. The first-order valence-electron chi connectivity index (χ1n) is 22.4. The summed E-state index contributed by atoms with van der Waals surface area (Å²) in [7, 11) is 0. The smallest absolute Gasteiger partial charge is 0.407 e. The Morgan fingerprint density at radius 1 is 0.466 bits per heavy atom. The van der Waals surface area contributed by atoms with Crippen molar-refractivity contribution < 1.29 is 47.5 Å². The SMILES string of the molecule is CCCCCCCCCCCCCCCCCC(=O)OCCOCCOCCOCCOCCOCCOCCNC(=O)OCC1c2ccccc2-c2ccccc21. The number of esters is 1. The lowest BCUT2D eigenvalue weighted by Gasteiger charge is -2.14. The summed E-state index contributed by atoms with van der Waals surface area (Å²) >= 11 is 0. The van der Waals surface area contributed by atoms with Crippen molar-refractivity contribution in [1.82, 2.24) is 5.32 Å². The van der Waals surface area contributed by atoms with Crippen LogP contribution < -0.4 is 5.32 Å². The van der Waals surface area contributed by atoms with E-state index in [1.54, 1.807) is 0 Å². The number of nitrogens with one attached hydrogen (secondary N) is 1. The van der Waals surface area contributed by atoms with Crippen molar-refractivity contribution in [3.8, 4) is 11.1 Å². The molecule has 0 unspecified atom stereocenters. The summed E-state index contributed by atoms with van der Waals surface area (Å²) in [5, 5.41) is 2.75. The van der Waals surface area contributed by atoms with Gasteiger partial charge in [0.25, 0.3) is 0 Å². The Labute approximate surface area is 349 Å². The van der Waals surface area contributed by atoms with E-state index in [1.807, 2.05) is 24.3 Å². The average Bonchev–Trinajstić information content (AvgIpc) is 3.56. The fourth-order valence-corrected chi connectivity index (χ4v) is 7.00. The van der Waals surface area contributed by atoms with Crippen LogP contribution in [0.15, 0.2) is 48.5 Å². The van der Waals surface area contributed by atoms with Crippen molar-refractivity contribution in [1.29, 1.82) is 0 Å². The summed E-state index contributed by atoms with van der Waals surface area (Å²) in [5.74, 6) is -0.0978. The highest BCUT2D eigenvalue weighted by atomic mass is 16.6. The Hall–Kier alpha value is -3.06. The summed E-state index contributed by atoms with van der Waals surface area (Å²) in [6, 6.07) is 16.5. The number of rotatable bonds is 39. The zero-order chi connectivity index (χ0) is 41.0. The van der Waals surface area contributed by atoms with Gasteiger partial charge in [0.15, 0.2) is 0 Å². The van der Waals surface area contributed by atoms with E-state index in [0.717, 1.165) is 12.8 Å². The molecule has 0 saturated heterocycles. The van der Waals surface area contributed by atoms with Crippen LogP contribution in [0.25, 0.3) is 11.1 Å². The van der Waals surface area contributed by atoms with Crippen LogP contribution in [0.4, 0.5) is 4.79 Å². The molecule has 328 valence electrons. The molecular formula is C47H75NO10. The summed E-state index contributed by atoms with van der Waals surface area (Å²) < 4.78 is 43.9. The monoisotopic (exact) mass is 814 g/mol. The number of ether oxygens (including phenoxy) is 8. The second kappa shape index (κ2) is 34.8. The Morgan fingerprint density at radius 3 is 1.29 bits per heavy atom. The maximum Gasteiger partial charge on any atom is 0.407 e. The van der Waals surface area contributed by atoms with Gasteiger partial charge in [0.05, 0.1) is 79.3 Å². The average molecular weight is 814 g/mol. The van der Waals surface area contributed by atoms with Crippen LogP contribution in [0.5, 0.6) is 0 Å². The minimum absolute atomic E-state index is 0.0370. The molecule has 2 aromatic rings. The zero-order valence-corrected chi connectivity index (χ0v) is 35.7. The number of hydrogen-bond donors (Lipinski definition) is 1. The molecule has 3 rings (SSSR count). The van der Waals surface area contributed by atoms with Crippen molar-refractivity contribution in [2.45, 2.75) is 116 Å². The van der Waals surface area contributed by atoms with Crippen LogP contribution in [-0.4, -0.2) is 111 Å². The van der Waals surface area contributed by atoms with E-state index in [4.69, 9.17) is 37.9 Å². The normalized spacial score (nSPS) is 12.1. The lowest BCUT2D eigenvalue weighted by atomic mass is 9.98. The van der Waals surface area contributed by atoms with E-state index >= 15 is 0 Å². The van der Waals surface area contributed by atoms with E-state index in [9.17, 15) is 9.59 Å². The van der Waals surface area contributed by atoms with Gasteiger partial charge in [-0.1, -0.05) is 145 Å². The van der Waals surface area contributed by atoms with Gasteiger partial charge < -0.3 is 43.2 Å². The molecule has 0 heterocycles. The molecule has 11 nitrogen and oxygen atoms in total. The van der Waals surface area contributed by atoms with Gasteiger partial charge in [-0.05, 0) is 28.7 Å². The third-order valence-corrected chi connectivity index (χ3v) is 10.2. The quantitative estimate of drug-likeness (QED) is 0.0517. The number of hydrogen-bond acceptors (Lipinski definition) is 10. The topological polar surface area (TPSA) is 120 Å². The molecule has 0 aromatic heterocycles. The molecule has 2 aromatic carbocycles. The van der Waals surface area contributed by atoms with Gasteiger partial charge in [-0.15, -0.1) is 0 Å². The van der Waals surface area contributed by atoms with Crippen LogP contribution in [0.2, 0.25) is 0 Å². The van der Waals surface area contributed by atoms with Gasteiger partial charge >= 0.3 is 12.1 Å². The number of unbranched alkanes of at least 4 members (excludes halogenated alkanes) is 14. The van der Waals surface area contributed by atoms with Gasteiger partial charge in [-0.25, -0.2) is 4.79 Å². The zero-order valence-electron chi connectivity index (χ0n) is 35.7. The lowest BCUT2D eigenvalue weighted by molar-refractivity contribution is -0.145. The summed E-state index contributed by atoms with van der Waals surface area (Å²) in [5.41, 5.74) is 4.78. The fourth-order valence-electron chi connectivity index (χ4n) is 7.00. The molecule has 0 spiro atoms. The standard InChI is InChI=1S/C47H75NO10/c1-2-3-4-5-6-7-8-9-10-11-12-13-14-15-16-25-46(49)57-39-38-56-37-36-55-35-34-54-33-32-53-31-30-52-29-28-51-27-26-48-47(50)58-40-45-43-23-19-17-21-41(43)42-22-18-20-24-44(42)45/h17-24,45H,2-16,25-40H2,1H3,(H,48,50). The Kier molecular flexibility index (Phi) is 29.6. The second-order valence-corrected chi connectivity index (χ2v) is 14.8. The van der Waals surface area contributed by atoms with Crippen LogP contribution in [0.1, 0.15) is 127 Å². The van der Waals surface area contributed by atoms with Crippen molar-refractivity contribution in [2.75, 3.05) is 99.0 Å². The number of fused-ring (bicyclic) bond motifs is 3. The van der Waals surface area contributed by atoms with E-state index in [-0.39, 0.29) is 25.1 Å². The van der Waals surface area contributed by atoms with Crippen LogP contribution in [-0.2, 0) is 42.7 Å². The van der Waals surface area contributed by atoms with Crippen LogP contribution in [0, 0.1) is 0 Å².